The molecule has 1 saturated heterocycles. The number of carbonyl (C=O) groups is 1. The molecule has 5 heteroatoms. The molecule has 2 N–H and O–H groups in total. The lowest BCUT2D eigenvalue weighted by Gasteiger charge is -2.26. The molecule has 2 aliphatic carbocycles. The van der Waals surface area contributed by atoms with Crippen molar-refractivity contribution in [2.45, 2.75) is 70.4 Å². The van der Waals surface area contributed by atoms with E-state index in [-0.39, 0.29) is 0 Å². The van der Waals surface area contributed by atoms with Gasteiger partial charge in [-0.25, -0.2) is 0 Å². The van der Waals surface area contributed by atoms with Crippen LogP contribution in [0.1, 0.15) is 58.3 Å². The summed E-state index contributed by atoms with van der Waals surface area (Å²) in [6.45, 7) is 4.59. The van der Waals surface area contributed by atoms with E-state index in [1.807, 2.05) is 0 Å². The second-order valence-corrected chi connectivity index (χ2v) is 6.99. The van der Waals surface area contributed by atoms with Gasteiger partial charge >= 0.3 is 0 Å². The second kappa shape index (κ2) is 7.34. The van der Waals surface area contributed by atoms with Gasteiger partial charge in [0.15, 0.2) is 5.96 Å². The molecule has 1 amide bonds. The van der Waals surface area contributed by atoms with Gasteiger partial charge in [0.05, 0.1) is 0 Å². The maximum Gasteiger partial charge on any atom is 0.225 e. The van der Waals surface area contributed by atoms with Crippen LogP contribution in [0, 0.1) is 5.92 Å². The van der Waals surface area contributed by atoms with E-state index in [1.165, 1.54) is 32.1 Å². The van der Waals surface area contributed by atoms with Crippen LogP contribution in [0.15, 0.2) is 4.99 Å². The van der Waals surface area contributed by atoms with Crippen molar-refractivity contribution in [2.24, 2.45) is 10.9 Å². The van der Waals surface area contributed by atoms with Crippen LogP contribution in [-0.2, 0) is 4.79 Å². The van der Waals surface area contributed by atoms with Gasteiger partial charge in [0.1, 0.15) is 0 Å². The molecule has 0 aromatic carbocycles. The number of hydrogen-bond acceptors (Lipinski definition) is 2. The minimum absolute atomic E-state index is 0.292. The quantitative estimate of drug-likeness (QED) is 0.616. The Kier molecular flexibility index (Phi) is 5.21. The molecule has 1 unspecified atom stereocenters. The van der Waals surface area contributed by atoms with E-state index in [1.54, 1.807) is 0 Å². The fraction of sp³-hybridized carbons (Fsp3) is 0.882. The topological polar surface area (TPSA) is 56.7 Å². The first-order valence-electron chi connectivity index (χ1n) is 9.12. The van der Waals surface area contributed by atoms with Crippen molar-refractivity contribution in [3.8, 4) is 0 Å². The molecule has 0 bridgehead atoms. The zero-order valence-electron chi connectivity index (χ0n) is 13.8. The number of nitrogens with zero attached hydrogens (tertiary/aromatic N) is 2. The average Bonchev–Trinajstić information content (AvgIpc) is 3.23. The van der Waals surface area contributed by atoms with E-state index in [9.17, 15) is 4.79 Å². The number of amides is 1. The van der Waals surface area contributed by atoms with Gasteiger partial charge in [-0.15, -0.1) is 0 Å². The highest BCUT2D eigenvalue weighted by molar-refractivity contribution is 5.81. The lowest BCUT2D eigenvalue weighted by Crippen LogP contribution is -2.46. The van der Waals surface area contributed by atoms with E-state index < -0.39 is 0 Å². The molecule has 124 valence electrons. The Morgan fingerprint density at radius 1 is 1.05 bits per heavy atom. The summed E-state index contributed by atoms with van der Waals surface area (Å²) in [6, 6.07) is 0.961. The number of likely N-dealkylation sites (tertiary alicyclic amines) is 1. The number of guanidine groups is 1. The molecule has 22 heavy (non-hydrogen) atoms. The van der Waals surface area contributed by atoms with Gasteiger partial charge in [-0.05, 0) is 39.0 Å². The molecule has 1 heterocycles. The van der Waals surface area contributed by atoms with Crippen LogP contribution in [0.3, 0.4) is 0 Å². The smallest absolute Gasteiger partial charge is 0.225 e. The summed E-state index contributed by atoms with van der Waals surface area (Å²) in [5, 5.41) is 6.98. The number of carbonyl (C=O) groups excluding carboxylic acids is 1. The second-order valence-electron chi connectivity index (χ2n) is 6.99. The summed E-state index contributed by atoms with van der Waals surface area (Å²) in [5.74, 6) is 1.62. The van der Waals surface area contributed by atoms with Crippen molar-refractivity contribution in [3.05, 3.63) is 0 Å². The Hall–Kier alpha value is -1.26. The Labute approximate surface area is 133 Å². The zero-order valence-corrected chi connectivity index (χ0v) is 13.8. The lowest BCUT2D eigenvalue weighted by molar-refractivity contribution is -0.135. The van der Waals surface area contributed by atoms with Gasteiger partial charge in [-0.1, -0.05) is 19.3 Å². The molecule has 2 saturated carbocycles. The summed E-state index contributed by atoms with van der Waals surface area (Å²) in [5.41, 5.74) is 0. The Balaban J connectivity index is 1.48. The fourth-order valence-corrected chi connectivity index (χ4v) is 3.59. The lowest BCUT2D eigenvalue weighted by atomic mass is 9.88. The van der Waals surface area contributed by atoms with Crippen molar-refractivity contribution < 1.29 is 4.79 Å². The Bertz CT molecular complexity index is 413. The predicted molar refractivity (Wildman–Crippen MR) is 88.8 cm³/mol. The van der Waals surface area contributed by atoms with Crippen LogP contribution < -0.4 is 10.6 Å². The van der Waals surface area contributed by atoms with E-state index in [4.69, 9.17) is 0 Å². The number of hydrogen-bond donors (Lipinski definition) is 2. The first-order chi connectivity index (χ1) is 10.8. The van der Waals surface area contributed by atoms with Crippen molar-refractivity contribution >= 4 is 11.9 Å². The molecule has 3 rings (SSSR count). The highest BCUT2D eigenvalue weighted by atomic mass is 16.2. The minimum Gasteiger partial charge on any atom is -0.354 e. The van der Waals surface area contributed by atoms with Crippen LogP contribution >= 0.6 is 0 Å². The van der Waals surface area contributed by atoms with Crippen LogP contribution in [-0.4, -0.2) is 48.5 Å². The third-order valence-corrected chi connectivity index (χ3v) is 5.03. The van der Waals surface area contributed by atoms with E-state index in [0.29, 0.717) is 23.9 Å². The zero-order chi connectivity index (χ0) is 15.4. The molecule has 0 radical (unpaired) electrons. The van der Waals surface area contributed by atoms with Gasteiger partial charge < -0.3 is 15.5 Å². The fourth-order valence-electron chi connectivity index (χ4n) is 3.59. The van der Waals surface area contributed by atoms with E-state index >= 15 is 0 Å². The Morgan fingerprint density at radius 3 is 2.45 bits per heavy atom. The molecule has 1 atom stereocenters. The maximum atomic E-state index is 12.6. The van der Waals surface area contributed by atoms with Crippen LogP contribution in [0.25, 0.3) is 0 Å². The van der Waals surface area contributed by atoms with Crippen LogP contribution in [0.4, 0.5) is 0 Å². The van der Waals surface area contributed by atoms with Gasteiger partial charge in [-0.2, -0.15) is 0 Å². The first-order valence-corrected chi connectivity index (χ1v) is 9.12. The number of rotatable bonds is 4. The summed E-state index contributed by atoms with van der Waals surface area (Å²) in [6.07, 6.45) is 9.49. The van der Waals surface area contributed by atoms with Gasteiger partial charge in [-0.3, -0.25) is 9.79 Å². The molecular weight excluding hydrogens is 276 g/mol. The summed E-state index contributed by atoms with van der Waals surface area (Å²) < 4.78 is 0. The highest BCUT2D eigenvalue weighted by Crippen LogP contribution is 2.26. The molecular formula is C17H30N4O. The predicted octanol–water partition coefficient (Wildman–Crippen LogP) is 1.89. The minimum atomic E-state index is 0.292. The normalized spacial score (nSPS) is 27.0. The van der Waals surface area contributed by atoms with Crippen molar-refractivity contribution in [1.82, 2.24) is 15.5 Å². The summed E-state index contributed by atoms with van der Waals surface area (Å²) in [4.78, 5) is 19.2. The third kappa shape index (κ3) is 4.14. The Morgan fingerprint density at radius 2 is 1.77 bits per heavy atom. The molecule has 1 aliphatic heterocycles. The molecule has 0 aromatic heterocycles. The van der Waals surface area contributed by atoms with Gasteiger partial charge in [0.25, 0.3) is 0 Å². The maximum absolute atomic E-state index is 12.6. The third-order valence-electron chi connectivity index (χ3n) is 5.03. The van der Waals surface area contributed by atoms with Crippen LogP contribution in [0.2, 0.25) is 0 Å². The molecule has 0 aromatic rings. The van der Waals surface area contributed by atoms with Crippen molar-refractivity contribution in [2.75, 3.05) is 19.6 Å². The monoisotopic (exact) mass is 306 g/mol. The van der Waals surface area contributed by atoms with E-state index in [0.717, 1.165) is 44.9 Å². The highest BCUT2D eigenvalue weighted by Gasteiger charge is 2.32. The van der Waals surface area contributed by atoms with Gasteiger partial charge in [0.2, 0.25) is 5.91 Å². The standard InChI is InChI=1S/C17H30N4O/c1-2-18-17(19-14-8-9-14)20-15-10-11-21(12-15)16(22)13-6-4-3-5-7-13/h13-15H,2-12H2,1H3,(H2,18,19,20). The van der Waals surface area contributed by atoms with E-state index in [2.05, 4.69) is 27.4 Å². The SMILES string of the molecule is CCN=C(NC1CC1)NC1CCN(C(=O)C2CCCCC2)C1. The molecule has 3 fully saturated rings. The molecule has 0 spiro atoms. The summed E-state index contributed by atoms with van der Waals surface area (Å²) in [7, 11) is 0. The first kappa shape index (κ1) is 15.6. The van der Waals surface area contributed by atoms with Crippen molar-refractivity contribution in [1.29, 1.82) is 0 Å². The molecule has 5 nitrogen and oxygen atoms in total. The number of nitrogens with one attached hydrogen (secondary N) is 2. The van der Waals surface area contributed by atoms with Gasteiger partial charge in [0, 0.05) is 37.6 Å². The summed E-state index contributed by atoms with van der Waals surface area (Å²) >= 11 is 0. The van der Waals surface area contributed by atoms with Crippen molar-refractivity contribution in [3.63, 3.8) is 0 Å². The largest absolute Gasteiger partial charge is 0.354 e. The molecule has 3 aliphatic rings. The number of aliphatic imine (C=N–C) groups is 1. The van der Waals surface area contributed by atoms with Crippen LogP contribution in [0.5, 0.6) is 0 Å². The average molecular weight is 306 g/mol.